The van der Waals surface area contributed by atoms with Gasteiger partial charge in [-0.1, -0.05) is 6.92 Å². The second-order valence-corrected chi connectivity index (χ2v) is 5.22. The number of nitro groups is 1. The zero-order chi connectivity index (χ0) is 14.5. The van der Waals surface area contributed by atoms with E-state index in [2.05, 4.69) is 18.3 Å². The summed E-state index contributed by atoms with van der Waals surface area (Å²) in [6.07, 6.45) is 0.964. The van der Waals surface area contributed by atoms with Crippen molar-refractivity contribution in [3.05, 3.63) is 50.2 Å². The molecule has 0 fully saturated rings. The van der Waals surface area contributed by atoms with Crippen LogP contribution in [-0.2, 0) is 13.0 Å². The molecule has 0 aliphatic rings. The molecule has 6 heteroatoms. The van der Waals surface area contributed by atoms with Gasteiger partial charge in [-0.3, -0.25) is 10.1 Å². The Morgan fingerprint density at radius 3 is 2.85 bits per heavy atom. The lowest BCUT2D eigenvalue weighted by Crippen LogP contribution is -2.03. The van der Waals surface area contributed by atoms with Gasteiger partial charge in [-0.15, -0.1) is 11.3 Å². The van der Waals surface area contributed by atoms with E-state index >= 15 is 0 Å². The van der Waals surface area contributed by atoms with E-state index in [-0.39, 0.29) is 5.69 Å². The first kappa shape index (κ1) is 14.3. The fourth-order valence-electron chi connectivity index (χ4n) is 1.95. The predicted molar refractivity (Wildman–Crippen MR) is 80.7 cm³/mol. The van der Waals surface area contributed by atoms with E-state index in [0.717, 1.165) is 6.42 Å². The molecule has 0 bridgehead atoms. The average molecular weight is 292 g/mol. The van der Waals surface area contributed by atoms with Crippen LogP contribution in [0.4, 0.5) is 11.4 Å². The Balaban J connectivity index is 2.19. The molecule has 0 spiro atoms. The molecule has 1 aromatic carbocycles. The molecular weight excluding hydrogens is 276 g/mol. The van der Waals surface area contributed by atoms with E-state index < -0.39 is 4.92 Å². The first-order valence-corrected chi connectivity index (χ1v) is 7.15. The number of nitrogens with one attached hydrogen (secondary N) is 1. The first-order valence-electron chi connectivity index (χ1n) is 6.27. The van der Waals surface area contributed by atoms with Crippen LogP contribution in [-0.4, -0.2) is 12.0 Å². The molecule has 0 saturated heterocycles. The Labute approximate surface area is 121 Å². The molecule has 0 amide bonds. The molecule has 1 N–H and O–H groups in total. The van der Waals surface area contributed by atoms with Crippen LogP contribution >= 0.6 is 11.3 Å². The third-order valence-electron chi connectivity index (χ3n) is 3.06. The standard InChI is InChI=1S/C14H16N2O3S/c1-3-10-6-7-20-14(10)9-15-12-5-4-11(19-2)8-13(12)16(17)18/h4-8,15H,3,9H2,1-2H3. The molecular formula is C14H16N2O3S. The Bertz CT molecular complexity index is 610. The molecule has 0 aliphatic carbocycles. The third kappa shape index (κ3) is 3.08. The molecule has 5 nitrogen and oxygen atoms in total. The lowest BCUT2D eigenvalue weighted by Gasteiger charge is -2.08. The van der Waals surface area contributed by atoms with Crippen LogP contribution in [0.3, 0.4) is 0 Å². The zero-order valence-electron chi connectivity index (χ0n) is 11.4. The lowest BCUT2D eigenvalue weighted by atomic mass is 10.2. The van der Waals surface area contributed by atoms with E-state index in [9.17, 15) is 10.1 Å². The van der Waals surface area contributed by atoms with Crippen molar-refractivity contribution in [1.82, 2.24) is 0 Å². The highest BCUT2D eigenvalue weighted by Gasteiger charge is 2.15. The number of nitrogens with zero attached hydrogens (tertiary/aromatic N) is 1. The van der Waals surface area contributed by atoms with E-state index in [1.165, 1.54) is 23.6 Å². The molecule has 1 aromatic heterocycles. The van der Waals surface area contributed by atoms with Gasteiger partial charge < -0.3 is 10.1 Å². The van der Waals surface area contributed by atoms with Crippen LogP contribution in [0, 0.1) is 10.1 Å². The number of methoxy groups -OCH3 is 1. The maximum atomic E-state index is 11.1. The smallest absolute Gasteiger partial charge is 0.296 e. The molecule has 0 unspecified atom stereocenters. The maximum Gasteiger partial charge on any atom is 0.296 e. The Hall–Kier alpha value is -2.08. The quantitative estimate of drug-likeness (QED) is 0.649. The molecule has 20 heavy (non-hydrogen) atoms. The van der Waals surface area contributed by atoms with Gasteiger partial charge in [0.1, 0.15) is 11.4 Å². The molecule has 2 aromatic rings. The minimum absolute atomic E-state index is 0.0268. The number of aryl methyl sites for hydroxylation is 1. The molecule has 0 atom stereocenters. The first-order chi connectivity index (χ1) is 9.65. The van der Waals surface area contributed by atoms with Crippen molar-refractivity contribution < 1.29 is 9.66 Å². The number of nitro benzene ring substituents is 1. The minimum Gasteiger partial charge on any atom is -0.496 e. The second-order valence-electron chi connectivity index (χ2n) is 4.22. The highest BCUT2D eigenvalue weighted by molar-refractivity contribution is 7.10. The molecule has 0 aliphatic heterocycles. The number of ether oxygens (including phenoxy) is 1. The zero-order valence-corrected chi connectivity index (χ0v) is 12.2. The number of thiophene rings is 1. The fraction of sp³-hybridized carbons (Fsp3) is 0.286. The van der Waals surface area contributed by atoms with Crippen LogP contribution in [0.1, 0.15) is 17.4 Å². The summed E-state index contributed by atoms with van der Waals surface area (Å²) in [6.45, 7) is 2.69. The van der Waals surface area contributed by atoms with Gasteiger partial charge in [0.15, 0.2) is 0 Å². The van der Waals surface area contributed by atoms with Crippen LogP contribution in [0.2, 0.25) is 0 Å². The number of hydrogen-bond donors (Lipinski definition) is 1. The summed E-state index contributed by atoms with van der Waals surface area (Å²) in [4.78, 5) is 11.9. The monoisotopic (exact) mass is 292 g/mol. The topological polar surface area (TPSA) is 64.4 Å². The predicted octanol–water partition coefficient (Wildman–Crippen LogP) is 3.84. The van der Waals surface area contributed by atoms with Gasteiger partial charge in [0.2, 0.25) is 0 Å². The van der Waals surface area contributed by atoms with E-state index in [1.807, 2.05) is 5.38 Å². The van der Waals surface area contributed by atoms with E-state index in [4.69, 9.17) is 4.74 Å². The summed E-state index contributed by atoms with van der Waals surface area (Å²) >= 11 is 1.66. The van der Waals surface area contributed by atoms with Gasteiger partial charge in [0.05, 0.1) is 18.1 Å². The fourth-order valence-corrected chi connectivity index (χ4v) is 2.87. The van der Waals surface area contributed by atoms with Gasteiger partial charge >= 0.3 is 0 Å². The third-order valence-corrected chi connectivity index (χ3v) is 4.02. The second kappa shape index (κ2) is 6.38. The van der Waals surface area contributed by atoms with Gasteiger partial charge in [0, 0.05) is 11.4 Å². The normalized spacial score (nSPS) is 10.3. The summed E-state index contributed by atoms with van der Waals surface area (Å²) < 4.78 is 5.02. The number of hydrogen-bond acceptors (Lipinski definition) is 5. The lowest BCUT2D eigenvalue weighted by molar-refractivity contribution is -0.384. The molecule has 106 valence electrons. The van der Waals surface area contributed by atoms with E-state index in [0.29, 0.717) is 18.0 Å². The van der Waals surface area contributed by atoms with Crippen molar-refractivity contribution in [3.8, 4) is 5.75 Å². The Morgan fingerprint density at radius 1 is 1.40 bits per heavy atom. The number of anilines is 1. The molecule has 2 rings (SSSR count). The highest BCUT2D eigenvalue weighted by Crippen LogP contribution is 2.30. The number of rotatable bonds is 6. The van der Waals surface area contributed by atoms with Crippen molar-refractivity contribution in [2.24, 2.45) is 0 Å². The highest BCUT2D eigenvalue weighted by atomic mass is 32.1. The Morgan fingerprint density at radius 2 is 2.20 bits per heavy atom. The van der Waals surface area contributed by atoms with Crippen LogP contribution in [0.15, 0.2) is 29.6 Å². The summed E-state index contributed by atoms with van der Waals surface area (Å²) in [5.74, 6) is 0.479. The van der Waals surface area contributed by atoms with E-state index in [1.54, 1.807) is 23.5 Å². The average Bonchev–Trinajstić information content (AvgIpc) is 2.92. The van der Waals surface area contributed by atoms with Crippen molar-refractivity contribution >= 4 is 22.7 Å². The molecule has 0 radical (unpaired) electrons. The summed E-state index contributed by atoms with van der Waals surface area (Å²) in [6, 6.07) is 6.91. The van der Waals surface area contributed by atoms with Crippen molar-refractivity contribution in [2.45, 2.75) is 19.9 Å². The largest absolute Gasteiger partial charge is 0.496 e. The summed E-state index contributed by atoms with van der Waals surface area (Å²) in [7, 11) is 1.49. The van der Waals surface area contributed by atoms with Gasteiger partial charge in [-0.25, -0.2) is 0 Å². The maximum absolute atomic E-state index is 11.1. The SMILES string of the molecule is CCc1ccsc1CNc1ccc(OC)cc1[N+](=O)[O-]. The van der Waals surface area contributed by atoms with Crippen molar-refractivity contribution in [2.75, 3.05) is 12.4 Å². The summed E-state index contributed by atoms with van der Waals surface area (Å²) in [5.41, 5.74) is 1.81. The molecule has 1 heterocycles. The summed E-state index contributed by atoms with van der Waals surface area (Å²) in [5, 5.41) is 16.3. The van der Waals surface area contributed by atoms with Crippen molar-refractivity contribution in [3.63, 3.8) is 0 Å². The van der Waals surface area contributed by atoms with Gasteiger partial charge in [-0.2, -0.15) is 0 Å². The Kier molecular flexibility index (Phi) is 4.57. The van der Waals surface area contributed by atoms with Crippen LogP contribution in [0.5, 0.6) is 5.75 Å². The minimum atomic E-state index is -0.403. The van der Waals surface area contributed by atoms with Crippen LogP contribution in [0.25, 0.3) is 0 Å². The van der Waals surface area contributed by atoms with Crippen LogP contribution < -0.4 is 10.1 Å². The van der Waals surface area contributed by atoms with Gasteiger partial charge in [0.25, 0.3) is 5.69 Å². The molecule has 0 saturated carbocycles. The number of benzene rings is 1. The van der Waals surface area contributed by atoms with Gasteiger partial charge in [-0.05, 0) is 35.6 Å². The van der Waals surface area contributed by atoms with Crippen molar-refractivity contribution in [1.29, 1.82) is 0 Å².